The van der Waals surface area contributed by atoms with Crippen LogP contribution in [0.15, 0.2) is 0 Å². The highest BCUT2D eigenvalue weighted by Gasteiger charge is 2.41. The van der Waals surface area contributed by atoms with Gasteiger partial charge < -0.3 is 9.47 Å². The average molecular weight is 314 g/mol. The van der Waals surface area contributed by atoms with Crippen LogP contribution in [0.2, 0.25) is 0 Å². The van der Waals surface area contributed by atoms with Gasteiger partial charge in [0.25, 0.3) is 0 Å². The molecule has 0 aromatic heterocycles. The first-order chi connectivity index (χ1) is 10.2. The number of hydrogen-bond donors (Lipinski definition) is 2. The van der Waals surface area contributed by atoms with E-state index >= 15 is 0 Å². The summed E-state index contributed by atoms with van der Waals surface area (Å²) < 4.78 is 10.4. The van der Waals surface area contributed by atoms with E-state index in [1.54, 1.807) is 0 Å². The molecule has 1 amide bonds. The van der Waals surface area contributed by atoms with Crippen LogP contribution in [-0.2, 0) is 14.3 Å². The Hall–Kier alpha value is -1.30. The predicted octanol–water partition coefficient (Wildman–Crippen LogP) is 2.92. The zero-order valence-electron chi connectivity index (χ0n) is 14.5. The molecular formula is C16H30N2O4. The molecule has 2 N–H and O–H groups in total. The van der Waals surface area contributed by atoms with Gasteiger partial charge in [0.2, 0.25) is 0 Å². The zero-order valence-corrected chi connectivity index (χ0v) is 14.5. The van der Waals surface area contributed by atoms with Gasteiger partial charge in [0.15, 0.2) is 0 Å². The first-order valence-electron chi connectivity index (χ1n) is 8.14. The minimum absolute atomic E-state index is 0.0870. The van der Waals surface area contributed by atoms with Gasteiger partial charge >= 0.3 is 12.1 Å². The minimum atomic E-state index is -0.514. The number of nitrogens with one attached hydrogen (secondary N) is 2. The van der Waals surface area contributed by atoms with Crippen LogP contribution < -0.4 is 10.9 Å². The molecule has 1 fully saturated rings. The lowest BCUT2D eigenvalue weighted by atomic mass is 9.71. The van der Waals surface area contributed by atoms with Crippen LogP contribution in [-0.4, -0.2) is 30.3 Å². The van der Waals surface area contributed by atoms with Crippen molar-refractivity contribution in [1.29, 1.82) is 0 Å². The lowest BCUT2D eigenvalue weighted by Crippen LogP contribution is -2.49. The van der Waals surface area contributed by atoms with Crippen molar-refractivity contribution < 1.29 is 19.1 Å². The van der Waals surface area contributed by atoms with Gasteiger partial charge in [-0.05, 0) is 59.8 Å². The zero-order chi connectivity index (χ0) is 16.8. The van der Waals surface area contributed by atoms with E-state index in [0.29, 0.717) is 6.61 Å². The monoisotopic (exact) mass is 314 g/mol. The maximum atomic E-state index is 12.1. The van der Waals surface area contributed by atoms with E-state index in [1.807, 2.05) is 34.6 Å². The first kappa shape index (κ1) is 18.7. The molecule has 1 aliphatic rings. The highest BCUT2D eigenvalue weighted by molar-refractivity contribution is 5.77. The van der Waals surface area contributed by atoms with E-state index in [1.165, 1.54) is 0 Å². The van der Waals surface area contributed by atoms with Crippen molar-refractivity contribution in [2.45, 2.75) is 78.4 Å². The summed E-state index contributed by atoms with van der Waals surface area (Å²) in [5.41, 5.74) is 4.71. The Bertz CT molecular complexity index is 382. The number of rotatable bonds is 5. The lowest BCUT2D eigenvalue weighted by Gasteiger charge is -2.37. The Labute approximate surface area is 133 Å². The van der Waals surface area contributed by atoms with E-state index in [-0.39, 0.29) is 17.4 Å². The molecule has 0 unspecified atom stereocenters. The van der Waals surface area contributed by atoms with Crippen molar-refractivity contribution in [2.24, 2.45) is 5.41 Å². The summed E-state index contributed by atoms with van der Waals surface area (Å²) in [5, 5.41) is 0. The number of hydrazine groups is 1. The number of amides is 1. The van der Waals surface area contributed by atoms with Crippen molar-refractivity contribution in [3.63, 3.8) is 0 Å². The smallest absolute Gasteiger partial charge is 0.422 e. The normalized spacial score (nSPS) is 25.4. The minimum Gasteiger partial charge on any atom is -0.466 e. The van der Waals surface area contributed by atoms with Crippen LogP contribution in [0, 0.1) is 5.41 Å². The van der Waals surface area contributed by atoms with Gasteiger partial charge in [0, 0.05) is 6.04 Å². The third kappa shape index (κ3) is 5.48. The summed E-state index contributed by atoms with van der Waals surface area (Å²) in [5.74, 6) is -0.0870. The molecule has 0 aliphatic heterocycles. The van der Waals surface area contributed by atoms with E-state index in [2.05, 4.69) is 10.9 Å². The highest BCUT2D eigenvalue weighted by Crippen LogP contribution is 2.40. The van der Waals surface area contributed by atoms with E-state index < -0.39 is 11.7 Å². The summed E-state index contributed by atoms with van der Waals surface area (Å²) in [6.45, 7) is 9.75. The molecule has 22 heavy (non-hydrogen) atoms. The van der Waals surface area contributed by atoms with Crippen molar-refractivity contribution >= 4 is 12.1 Å². The molecule has 1 saturated carbocycles. The fourth-order valence-corrected chi connectivity index (χ4v) is 2.77. The molecule has 0 bridgehead atoms. The van der Waals surface area contributed by atoms with Crippen molar-refractivity contribution in [3.05, 3.63) is 0 Å². The van der Waals surface area contributed by atoms with Crippen LogP contribution in [0.25, 0.3) is 0 Å². The molecule has 1 rings (SSSR count). The molecule has 0 saturated heterocycles. The van der Waals surface area contributed by atoms with Crippen LogP contribution in [0.5, 0.6) is 0 Å². The third-order valence-electron chi connectivity index (χ3n) is 4.11. The predicted molar refractivity (Wildman–Crippen MR) is 84.1 cm³/mol. The summed E-state index contributed by atoms with van der Waals surface area (Å²) in [6, 6.07) is 0.154. The first-order valence-corrected chi connectivity index (χ1v) is 8.14. The topological polar surface area (TPSA) is 76.7 Å². The summed E-state index contributed by atoms with van der Waals surface area (Å²) in [6.07, 6.45) is 3.50. The van der Waals surface area contributed by atoms with Gasteiger partial charge in [-0.25, -0.2) is 10.2 Å². The molecule has 0 atom stereocenters. The Morgan fingerprint density at radius 2 is 1.77 bits per heavy atom. The molecule has 1 aliphatic carbocycles. The number of hydrogen-bond acceptors (Lipinski definition) is 5. The summed E-state index contributed by atoms with van der Waals surface area (Å²) in [4.78, 5) is 23.8. The fourth-order valence-electron chi connectivity index (χ4n) is 2.77. The van der Waals surface area contributed by atoms with Gasteiger partial charge in [0.05, 0.1) is 12.0 Å². The molecule has 0 aromatic carbocycles. The molecule has 0 aromatic rings. The number of esters is 1. The van der Waals surface area contributed by atoms with Crippen molar-refractivity contribution in [3.8, 4) is 0 Å². The van der Waals surface area contributed by atoms with Crippen molar-refractivity contribution in [2.75, 3.05) is 6.61 Å². The van der Waals surface area contributed by atoms with Crippen LogP contribution in [0.4, 0.5) is 4.79 Å². The number of carbonyl (C=O) groups excluding carboxylic acids is 2. The highest BCUT2D eigenvalue weighted by atomic mass is 16.6. The van der Waals surface area contributed by atoms with Crippen LogP contribution >= 0.6 is 0 Å². The largest absolute Gasteiger partial charge is 0.466 e. The summed E-state index contributed by atoms with van der Waals surface area (Å²) >= 11 is 0. The number of ether oxygens (including phenoxy) is 2. The second-order valence-electron chi connectivity index (χ2n) is 6.90. The average Bonchev–Trinajstić information content (AvgIpc) is 2.44. The second kappa shape index (κ2) is 7.81. The fraction of sp³-hybridized carbons (Fsp3) is 0.875. The van der Waals surface area contributed by atoms with Crippen LogP contribution in [0.3, 0.4) is 0 Å². The van der Waals surface area contributed by atoms with E-state index in [9.17, 15) is 9.59 Å². The molecule has 6 nitrogen and oxygen atoms in total. The Morgan fingerprint density at radius 3 is 2.23 bits per heavy atom. The SMILES string of the molecule is CCOC(=O)[C@]1(CC)CC[C@@H](NNC(=O)OC(C)(C)C)CC1. The lowest BCUT2D eigenvalue weighted by molar-refractivity contribution is -0.158. The standard InChI is InChI=1S/C16H30N2O4/c1-6-16(13(19)21-7-2)10-8-12(9-11-16)17-18-14(20)22-15(3,4)5/h12,17H,6-11H2,1-5H3,(H,18,20)/t12-,16-. The number of carbonyl (C=O) groups is 2. The maximum absolute atomic E-state index is 12.1. The van der Waals surface area contributed by atoms with E-state index in [4.69, 9.17) is 9.47 Å². The van der Waals surface area contributed by atoms with Gasteiger partial charge in [0.1, 0.15) is 5.60 Å². The van der Waals surface area contributed by atoms with Gasteiger partial charge in [-0.3, -0.25) is 10.2 Å². The van der Waals surface area contributed by atoms with Crippen molar-refractivity contribution in [1.82, 2.24) is 10.9 Å². The molecule has 0 spiro atoms. The molecule has 0 heterocycles. The summed E-state index contributed by atoms with van der Waals surface area (Å²) in [7, 11) is 0. The quantitative estimate of drug-likeness (QED) is 0.603. The van der Waals surface area contributed by atoms with E-state index in [0.717, 1.165) is 32.1 Å². The molecular weight excluding hydrogens is 284 g/mol. The van der Waals surface area contributed by atoms with Gasteiger partial charge in [-0.2, -0.15) is 0 Å². The van der Waals surface area contributed by atoms with Gasteiger partial charge in [-0.15, -0.1) is 0 Å². The Kier molecular flexibility index (Phi) is 6.66. The van der Waals surface area contributed by atoms with Crippen LogP contribution in [0.1, 0.15) is 66.7 Å². The Balaban J connectivity index is 2.41. The molecule has 128 valence electrons. The third-order valence-corrected chi connectivity index (χ3v) is 4.11. The maximum Gasteiger partial charge on any atom is 0.422 e. The van der Waals surface area contributed by atoms with Gasteiger partial charge in [-0.1, -0.05) is 6.92 Å². The second-order valence-corrected chi connectivity index (χ2v) is 6.90. The molecule has 6 heteroatoms. The Morgan fingerprint density at radius 1 is 1.18 bits per heavy atom. The molecule has 0 radical (unpaired) electrons.